The first kappa shape index (κ1) is 15.2. The summed E-state index contributed by atoms with van der Waals surface area (Å²) in [5, 5.41) is 0. The second-order valence-corrected chi connectivity index (χ2v) is 6.94. The number of carbonyl (C=O) groups excluding carboxylic acids is 1. The summed E-state index contributed by atoms with van der Waals surface area (Å²) in [5.74, 6) is 2.82. The quantitative estimate of drug-likeness (QED) is 0.871. The number of rotatable bonds is 3. The Kier molecular flexibility index (Phi) is 4.24. The molecule has 0 radical (unpaired) electrons. The number of carbonyl (C=O) groups is 1. The molecule has 1 amide bonds. The Bertz CT molecular complexity index is 691. The van der Waals surface area contributed by atoms with Crippen LogP contribution in [-0.4, -0.2) is 38.8 Å². The maximum absolute atomic E-state index is 12.7. The van der Waals surface area contributed by atoms with Gasteiger partial charge in [-0.2, -0.15) is 0 Å². The smallest absolute Gasteiger partial charge is 0.255 e. The Labute approximate surface area is 142 Å². The molecule has 0 aromatic carbocycles. The van der Waals surface area contributed by atoms with Gasteiger partial charge in [-0.25, -0.2) is 9.97 Å². The molecule has 2 aromatic heterocycles. The van der Waals surface area contributed by atoms with Crippen molar-refractivity contribution in [3.8, 4) is 0 Å². The molecule has 1 aliphatic heterocycles. The Morgan fingerprint density at radius 3 is 2.79 bits per heavy atom. The molecule has 2 aromatic rings. The highest BCUT2D eigenvalue weighted by molar-refractivity contribution is 5.94. The van der Waals surface area contributed by atoms with Crippen molar-refractivity contribution >= 4 is 5.91 Å². The SMILES string of the molecule is O=C(c1cccnc1)N1C[C@H]2CCC[C@H](Cc3ncccn3)[C@H]2C1. The number of hydrogen-bond acceptors (Lipinski definition) is 4. The molecule has 0 N–H and O–H groups in total. The van der Waals surface area contributed by atoms with Gasteiger partial charge in [0.25, 0.3) is 5.91 Å². The topological polar surface area (TPSA) is 59.0 Å². The molecule has 4 rings (SSSR count). The van der Waals surface area contributed by atoms with Crippen molar-refractivity contribution in [1.82, 2.24) is 19.9 Å². The van der Waals surface area contributed by atoms with Crippen molar-refractivity contribution < 1.29 is 4.79 Å². The fourth-order valence-electron chi connectivity index (χ4n) is 4.35. The zero-order valence-corrected chi connectivity index (χ0v) is 13.7. The number of hydrogen-bond donors (Lipinski definition) is 0. The van der Waals surface area contributed by atoms with Gasteiger partial charge in [-0.15, -0.1) is 0 Å². The van der Waals surface area contributed by atoms with Crippen molar-refractivity contribution in [2.75, 3.05) is 13.1 Å². The average Bonchev–Trinajstić information content (AvgIpc) is 3.08. The standard InChI is InChI=1S/C19H22N4O/c24-19(15-6-2-7-20-11-15)23-12-16-5-1-4-14(17(16)13-23)10-18-21-8-3-9-22-18/h2-3,6-9,11,14,16-17H,1,4-5,10,12-13H2/t14-,16-,17-/m1/s1. The number of pyridine rings is 1. The van der Waals surface area contributed by atoms with Gasteiger partial charge >= 0.3 is 0 Å². The van der Waals surface area contributed by atoms with Gasteiger partial charge in [0.15, 0.2) is 0 Å². The zero-order valence-electron chi connectivity index (χ0n) is 13.7. The summed E-state index contributed by atoms with van der Waals surface area (Å²) in [6.07, 6.45) is 11.6. The molecule has 0 unspecified atom stereocenters. The normalized spacial score (nSPS) is 26.2. The molecular weight excluding hydrogens is 300 g/mol. The summed E-state index contributed by atoms with van der Waals surface area (Å²) in [6, 6.07) is 5.54. The van der Waals surface area contributed by atoms with Crippen molar-refractivity contribution in [2.24, 2.45) is 17.8 Å². The van der Waals surface area contributed by atoms with Gasteiger partial charge in [-0.3, -0.25) is 9.78 Å². The number of fused-ring (bicyclic) bond motifs is 1. The summed E-state index contributed by atoms with van der Waals surface area (Å²) >= 11 is 0. The molecule has 124 valence electrons. The van der Waals surface area contributed by atoms with Crippen LogP contribution in [0.2, 0.25) is 0 Å². The van der Waals surface area contributed by atoms with Crippen LogP contribution in [0.15, 0.2) is 43.0 Å². The van der Waals surface area contributed by atoms with E-state index in [0.717, 1.165) is 25.3 Å². The Morgan fingerprint density at radius 1 is 1.12 bits per heavy atom. The first-order chi connectivity index (χ1) is 11.8. The second kappa shape index (κ2) is 6.67. The summed E-state index contributed by atoms with van der Waals surface area (Å²) in [4.78, 5) is 27.6. The van der Waals surface area contributed by atoms with Gasteiger partial charge in [0.05, 0.1) is 5.56 Å². The zero-order chi connectivity index (χ0) is 16.4. The fraction of sp³-hybridized carbons (Fsp3) is 0.474. The molecule has 5 nitrogen and oxygen atoms in total. The van der Waals surface area contributed by atoms with Crippen LogP contribution in [0, 0.1) is 17.8 Å². The maximum Gasteiger partial charge on any atom is 0.255 e. The van der Waals surface area contributed by atoms with Gasteiger partial charge in [0.2, 0.25) is 0 Å². The van der Waals surface area contributed by atoms with Crippen molar-refractivity contribution in [2.45, 2.75) is 25.7 Å². The lowest BCUT2D eigenvalue weighted by atomic mass is 9.72. The van der Waals surface area contributed by atoms with E-state index in [-0.39, 0.29) is 5.91 Å². The summed E-state index contributed by atoms with van der Waals surface area (Å²) in [7, 11) is 0. The van der Waals surface area contributed by atoms with Crippen molar-refractivity contribution in [3.05, 3.63) is 54.4 Å². The van der Waals surface area contributed by atoms with Crippen LogP contribution in [-0.2, 0) is 6.42 Å². The number of nitrogens with zero attached hydrogens (tertiary/aromatic N) is 4. The molecule has 3 heterocycles. The molecule has 1 saturated carbocycles. The van der Waals surface area contributed by atoms with E-state index < -0.39 is 0 Å². The molecule has 1 aliphatic carbocycles. The van der Waals surface area contributed by atoms with Crippen LogP contribution in [0.4, 0.5) is 0 Å². The summed E-state index contributed by atoms with van der Waals surface area (Å²) in [6.45, 7) is 1.74. The van der Waals surface area contributed by atoms with Crippen LogP contribution in [0.1, 0.15) is 35.4 Å². The van der Waals surface area contributed by atoms with E-state index in [1.54, 1.807) is 12.4 Å². The lowest BCUT2D eigenvalue weighted by Crippen LogP contribution is -2.31. The van der Waals surface area contributed by atoms with Gasteiger partial charge < -0.3 is 4.90 Å². The molecule has 3 atom stereocenters. The van der Waals surface area contributed by atoms with Crippen molar-refractivity contribution in [1.29, 1.82) is 0 Å². The van der Waals surface area contributed by atoms with Gasteiger partial charge in [-0.1, -0.05) is 6.42 Å². The number of aromatic nitrogens is 3. The van der Waals surface area contributed by atoms with E-state index in [2.05, 4.69) is 15.0 Å². The fourth-order valence-corrected chi connectivity index (χ4v) is 4.35. The van der Waals surface area contributed by atoms with E-state index in [0.29, 0.717) is 23.3 Å². The van der Waals surface area contributed by atoms with Crippen LogP contribution >= 0.6 is 0 Å². The monoisotopic (exact) mass is 322 g/mol. The van der Waals surface area contributed by atoms with Crippen LogP contribution in [0.3, 0.4) is 0 Å². The first-order valence-corrected chi connectivity index (χ1v) is 8.76. The van der Waals surface area contributed by atoms with Crippen LogP contribution < -0.4 is 0 Å². The minimum absolute atomic E-state index is 0.118. The maximum atomic E-state index is 12.7. The van der Waals surface area contributed by atoms with Crippen LogP contribution in [0.5, 0.6) is 0 Å². The first-order valence-electron chi connectivity index (χ1n) is 8.76. The van der Waals surface area contributed by atoms with Gasteiger partial charge in [0.1, 0.15) is 5.82 Å². The van der Waals surface area contributed by atoms with E-state index >= 15 is 0 Å². The largest absolute Gasteiger partial charge is 0.338 e. The Morgan fingerprint density at radius 2 is 2.00 bits per heavy atom. The van der Waals surface area contributed by atoms with E-state index in [1.165, 1.54) is 19.3 Å². The predicted octanol–water partition coefficient (Wildman–Crippen LogP) is 2.60. The predicted molar refractivity (Wildman–Crippen MR) is 90.2 cm³/mol. The molecule has 5 heteroatoms. The van der Waals surface area contributed by atoms with Gasteiger partial charge in [0, 0.05) is 44.3 Å². The molecule has 24 heavy (non-hydrogen) atoms. The highest BCUT2D eigenvalue weighted by Gasteiger charge is 2.42. The molecule has 2 fully saturated rings. The summed E-state index contributed by atoms with van der Waals surface area (Å²) in [5.41, 5.74) is 0.694. The molecule has 0 spiro atoms. The third-order valence-electron chi connectivity index (χ3n) is 5.51. The van der Waals surface area contributed by atoms with Crippen molar-refractivity contribution in [3.63, 3.8) is 0 Å². The molecule has 1 saturated heterocycles. The number of amides is 1. The van der Waals surface area contributed by atoms with E-state index in [1.807, 2.05) is 35.5 Å². The minimum Gasteiger partial charge on any atom is -0.338 e. The average molecular weight is 322 g/mol. The molecular formula is C19H22N4O. The van der Waals surface area contributed by atoms with E-state index in [9.17, 15) is 4.79 Å². The minimum atomic E-state index is 0.118. The third-order valence-corrected chi connectivity index (χ3v) is 5.51. The Balaban J connectivity index is 1.47. The lowest BCUT2D eigenvalue weighted by Gasteiger charge is -2.32. The lowest BCUT2D eigenvalue weighted by molar-refractivity contribution is 0.0781. The van der Waals surface area contributed by atoms with Crippen LogP contribution in [0.25, 0.3) is 0 Å². The molecule has 2 aliphatic rings. The summed E-state index contributed by atoms with van der Waals surface area (Å²) < 4.78 is 0. The Hall–Kier alpha value is -2.30. The van der Waals surface area contributed by atoms with E-state index in [4.69, 9.17) is 0 Å². The second-order valence-electron chi connectivity index (χ2n) is 6.94. The number of likely N-dealkylation sites (tertiary alicyclic amines) is 1. The van der Waals surface area contributed by atoms with Gasteiger partial charge in [-0.05, 0) is 48.8 Å². The highest BCUT2D eigenvalue weighted by Crippen LogP contribution is 2.41. The molecule has 0 bridgehead atoms. The third kappa shape index (κ3) is 3.03. The highest BCUT2D eigenvalue weighted by atomic mass is 16.2.